The van der Waals surface area contributed by atoms with E-state index in [2.05, 4.69) is 0 Å². The van der Waals surface area contributed by atoms with Gasteiger partial charge in [-0.15, -0.1) is 12.4 Å². The number of carboxylic acids is 1. The molecule has 3 nitrogen and oxygen atoms in total. The Balaban J connectivity index is 0. The van der Waals surface area contributed by atoms with E-state index in [1.165, 1.54) is 0 Å². The fourth-order valence-electron chi connectivity index (χ4n) is 0.729. The van der Waals surface area contributed by atoms with E-state index in [0.29, 0.717) is 24.1 Å². The molecule has 66 valence electrons. The van der Waals surface area contributed by atoms with Gasteiger partial charge in [0.15, 0.2) is 0 Å². The van der Waals surface area contributed by atoms with Gasteiger partial charge in [0.2, 0.25) is 0 Å². The maximum atomic E-state index is 10.4. The van der Waals surface area contributed by atoms with Gasteiger partial charge in [-0.05, 0) is 12.8 Å². The monoisotopic (exact) mass is 179 g/mol. The highest BCUT2D eigenvalue weighted by Crippen LogP contribution is 2.06. The Kier molecular flexibility index (Phi) is 7.10. The molecule has 0 heterocycles. The molecule has 0 unspecified atom stereocenters. The van der Waals surface area contributed by atoms with Crippen LogP contribution in [-0.2, 0) is 4.79 Å². The second-order valence-corrected chi connectivity index (χ2v) is 2.02. The largest absolute Gasteiger partial charge is 0.478 e. The van der Waals surface area contributed by atoms with Gasteiger partial charge in [-0.2, -0.15) is 0 Å². The molecule has 0 radical (unpaired) electrons. The van der Waals surface area contributed by atoms with Crippen molar-refractivity contribution in [1.29, 1.82) is 0 Å². The van der Waals surface area contributed by atoms with Crippen molar-refractivity contribution in [2.45, 2.75) is 26.7 Å². The lowest BCUT2D eigenvalue weighted by atomic mass is 10.1. The number of halogens is 1. The van der Waals surface area contributed by atoms with E-state index in [-0.39, 0.29) is 12.4 Å². The normalized spacial score (nSPS) is 11.5. The van der Waals surface area contributed by atoms with Crippen LogP contribution in [0.15, 0.2) is 11.3 Å². The van der Waals surface area contributed by atoms with Gasteiger partial charge in [-0.1, -0.05) is 13.8 Å². The summed E-state index contributed by atoms with van der Waals surface area (Å²) in [6.07, 6.45) is 1.10. The summed E-state index contributed by atoms with van der Waals surface area (Å²) in [4.78, 5) is 10.4. The maximum absolute atomic E-state index is 10.4. The van der Waals surface area contributed by atoms with Gasteiger partial charge in [0, 0.05) is 5.70 Å². The molecule has 0 aromatic heterocycles. The Labute approximate surface area is 72.7 Å². The number of hydrogen-bond donors (Lipinski definition) is 2. The molecule has 0 aliphatic heterocycles. The molecule has 0 fully saturated rings. The predicted octanol–water partition coefficient (Wildman–Crippen LogP) is 1.53. The molecule has 3 N–H and O–H groups in total. The van der Waals surface area contributed by atoms with Gasteiger partial charge in [-0.25, -0.2) is 4.79 Å². The van der Waals surface area contributed by atoms with Crippen LogP contribution >= 0.6 is 12.4 Å². The summed E-state index contributed by atoms with van der Waals surface area (Å²) in [6, 6.07) is 0. The van der Waals surface area contributed by atoms with Crippen molar-refractivity contribution in [3.63, 3.8) is 0 Å². The molecule has 0 aromatic carbocycles. The molecule has 0 aliphatic carbocycles. The van der Waals surface area contributed by atoms with Gasteiger partial charge < -0.3 is 10.8 Å². The van der Waals surface area contributed by atoms with Crippen LogP contribution in [-0.4, -0.2) is 11.1 Å². The van der Waals surface area contributed by atoms with Crippen LogP contribution in [0.25, 0.3) is 0 Å². The van der Waals surface area contributed by atoms with E-state index < -0.39 is 5.97 Å². The zero-order valence-electron chi connectivity index (χ0n) is 6.76. The fraction of sp³-hybridized carbons (Fsp3) is 0.571. The summed E-state index contributed by atoms with van der Waals surface area (Å²) in [7, 11) is 0. The number of carboxylic acid groups (broad SMARTS) is 1. The third-order valence-corrected chi connectivity index (χ3v) is 1.38. The van der Waals surface area contributed by atoms with Crippen LogP contribution in [0.2, 0.25) is 0 Å². The second kappa shape index (κ2) is 6.04. The molecule has 0 bridgehead atoms. The van der Waals surface area contributed by atoms with Crippen LogP contribution in [0.4, 0.5) is 0 Å². The molecule has 4 heteroatoms. The number of rotatable bonds is 3. The van der Waals surface area contributed by atoms with Gasteiger partial charge >= 0.3 is 5.97 Å². The average Bonchev–Trinajstić information content (AvgIpc) is 1.88. The average molecular weight is 180 g/mol. The highest BCUT2D eigenvalue weighted by Gasteiger charge is 2.07. The smallest absolute Gasteiger partial charge is 0.333 e. The molecule has 0 spiro atoms. The molecule has 0 aromatic rings. The molecule has 0 aliphatic rings. The number of aliphatic carboxylic acids is 1. The van der Waals surface area contributed by atoms with Gasteiger partial charge in [0.1, 0.15) is 0 Å². The lowest BCUT2D eigenvalue weighted by molar-refractivity contribution is -0.132. The first-order chi connectivity index (χ1) is 4.63. The Hall–Kier alpha value is -0.700. The molecule has 11 heavy (non-hydrogen) atoms. The van der Waals surface area contributed by atoms with Gasteiger partial charge in [-0.3, -0.25) is 0 Å². The zero-order valence-corrected chi connectivity index (χ0v) is 7.57. The Morgan fingerprint density at radius 1 is 1.36 bits per heavy atom. The van der Waals surface area contributed by atoms with E-state index in [1.54, 1.807) is 6.92 Å². The van der Waals surface area contributed by atoms with Gasteiger partial charge in [0.25, 0.3) is 0 Å². The standard InChI is InChI=1S/C7H13NO2.ClH/c1-3-5(7(9)10)6(8)4-2;/h3-4,8H2,1-2H3,(H,9,10);1H/b6-5-;. The van der Waals surface area contributed by atoms with Crippen molar-refractivity contribution in [3.05, 3.63) is 11.3 Å². The summed E-state index contributed by atoms with van der Waals surface area (Å²) in [5, 5.41) is 8.54. The molecule has 0 rings (SSSR count). The molecule has 0 amide bonds. The number of carbonyl (C=O) groups is 1. The summed E-state index contributed by atoms with van der Waals surface area (Å²) in [6.45, 7) is 3.62. The van der Waals surface area contributed by atoms with Crippen molar-refractivity contribution in [2.24, 2.45) is 5.73 Å². The van der Waals surface area contributed by atoms with E-state index in [0.717, 1.165) is 0 Å². The summed E-state index contributed by atoms with van der Waals surface area (Å²) in [5.74, 6) is -0.901. The zero-order chi connectivity index (χ0) is 8.15. The van der Waals surface area contributed by atoms with Crippen LogP contribution in [0, 0.1) is 0 Å². The SMILES string of the molecule is CC/C(N)=C(\CC)C(=O)O.Cl. The number of hydrogen-bond acceptors (Lipinski definition) is 2. The number of nitrogens with two attached hydrogens (primary N) is 1. The predicted molar refractivity (Wildman–Crippen MR) is 46.7 cm³/mol. The van der Waals surface area contributed by atoms with Crippen LogP contribution in [0.5, 0.6) is 0 Å². The summed E-state index contributed by atoms with van der Waals surface area (Å²) in [5.41, 5.74) is 6.24. The fourth-order valence-corrected chi connectivity index (χ4v) is 0.729. The van der Waals surface area contributed by atoms with E-state index >= 15 is 0 Å². The van der Waals surface area contributed by atoms with Crippen molar-refractivity contribution >= 4 is 18.4 Å². The molecular weight excluding hydrogens is 166 g/mol. The van der Waals surface area contributed by atoms with E-state index in [1.807, 2.05) is 6.92 Å². The minimum atomic E-state index is -0.901. The third-order valence-electron chi connectivity index (χ3n) is 1.38. The Morgan fingerprint density at radius 2 is 1.82 bits per heavy atom. The number of allylic oxidation sites excluding steroid dienone is 1. The minimum absolute atomic E-state index is 0. The van der Waals surface area contributed by atoms with Crippen molar-refractivity contribution in [3.8, 4) is 0 Å². The third kappa shape index (κ3) is 3.88. The Bertz CT molecular complexity index is 166. The first-order valence-electron chi connectivity index (χ1n) is 3.34. The first kappa shape index (κ1) is 12.9. The quantitative estimate of drug-likeness (QED) is 0.646. The first-order valence-corrected chi connectivity index (χ1v) is 3.34. The van der Waals surface area contributed by atoms with Crippen molar-refractivity contribution < 1.29 is 9.90 Å². The maximum Gasteiger partial charge on any atom is 0.333 e. The van der Waals surface area contributed by atoms with Crippen molar-refractivity contribution in [1.82, 2.24) is 0 Å². The second-order valence-electron chi connectivity index (χ2n) is 2.02. The lowest BCUT2D eigenvalue weighted by Crippen LogP contribution is -2.08. The summed E-state index contributed by atoms with van der Waals surface area (Å²) < 4.78 is 0. The highest BCUT2D eigenvalue weighted by atomic mass is 35.5. The van der Waals surface area contributed by atoms with Crippen molar-refractivity contribution in [2.75, 3.05) is 0 Å². The van der Waals surface area contributed by atoms with Crippen LogP contribution < -0.4 is 5.73 Å². The molecular formula is C7H14ClNO2. The topological polar surface area (TPSA) is 63.3 Å². The Morgan fingerprint density at radius 3 is 1.91 bits per heavy atom. The van der Waals surface area contributed by atoms with E-state index in [9.17, 15) is 4.79 Å². The summed E-state index contributed by atoms with van der Waals surface area (Å²) >= 11 is 0. The van der Waals surface area contributed by atoms with Gasteiger partial charge in [0.05, 0.1) is 5.57 Å². The molecule has 0 saturated heterocycles. The highest BCUT2D eigenvalue weighted by molar-refractivity contribution is 5.87. The lowest BCUT2D eigenvalue weighted by Gasteiger charge is -2.01. The van der Waals surface area contributed by atoms with Crippen LogP contribution in [0.1, 0.15) is 26.7 Å². The van der Waals surface area contributed by atoms with Crippen LogP contribution in [0.3, 0.4) is 0 Å². The minimum Gasteiger partial charge on any atom is -0.478 e. The van der Waals surface area contributed by atoms with E-state index in [4.69, 9.17) is 10.8 Å². The molecule has 0 saturated carbocycles. The molecule has 0 atom stereocenters.